The number of aromatic nitrogens is 2. The molecule has 0 saturated heterocycles. The van der Waals surface area contributed by atoms with Crippen molar-refractivity contribution in [2.75, 3.05) is 0 Å². The summed E-state index contributed by atoms with van der Waals surface area (Å²) in [7, 11) is 2.02. The van der Waals surface area contributed by atoms with Gasteiger partial charge in [-0.2, -0.15) is 0 Å². The number of nitrogens with two attached hydrogens (primary N) is 1. The highest BCUT2D eigenvalue weighted by Gasteiger charge is 2.39. The zero-order valence-electron chi connectivity index (χ0n) is 8.77. The van der Waals surface area contributed by atoms with Crippen LogP contribution in [0.3, 0.4) is 0 Å². The van der Waals surface area contributed by atoms with Crippen LogP contribution in [0, 0.1) is 11.8 Å². The van der Waals surface area contributed by atoms with Crippen molar-refractivity contribution in [3.05, 3.63) is 18.2 Å². The third kappa shape index (κ3) is 1.81. The summed E-state index contributed by atoms with van der Waals surface area (Å²) >= 11 is 0. The summed E-state index contributed by atoms with van der Waals surface area (Å²) in [4.78, 5) is 4.31. The lowest BCUT2D eigenvalue weighted by Gasteiger charge is -2.14. The molecule has 1 aromatic heterocycles. The Morgan fingerprint density at radius 1 is 1.79 bits per heavy atom. The van der Waals surface area contributed by atoms with Gasteiger partial charge in [-0.3, -0.25) is 11.3 Å². The second-order valence-corrected chi connectivity index (χ2v) is 4.31. The van der Waals surface area contributed by atoms with Crippen LogP contribution in [-0.4, -0.2) is 15.6 Å². The summed E-state index contributed by atoms with van der Waals surface area (Å²) in [5.41, 5.74) is 2.91. The Hall–Kier alpha value is -0.870. The standard InChI is InChI=1S/C10H18N4/c1-7-5-8(7)9(13-11)6-10-12-3-4-14(10)2/h3-4,7-9,13H,5-6,11H2,1-2H3. The largest absolute Gasteiger partial charge is 0.338 e. The first kappa shape index (κ1) is 9.68. The van der Waals surface area contributed by atoms with Crippen molar-refractivity contribution in [2.24, 2.45) is 24.7 Å². The normalized spacial score (nSPS) is 27.6. The molecule has 3 atom stereocenters. The molecule has 0 aliphatic heterocycles. The van der Waals surface area contributed by atoms with Gasteiger partial charge in [0, 0.05) is 31.9 Å². The van der Waals surface area contributed by atoms with Gasteiger partial charge in [0.25, 0.3) is 0 Å². The minimum absolute atomic E-state index is 0.381. The van der Waals surface area contributed by atoms with Crippen LogP contribution in [0.25, 0.3) is 0 Å². The Morgan fingerprint density at radius 3 is 2.93 bits per heavy atom. The van der Waals surface area contributed by atoms with Crippen molar-refractivity contribution < 1.29 is 0 Å². The molecular formula is C10H18N4. The van der Waals surface area contributed by atoms with Crippen LogP contribution in [0.2, 0.25) is 0 Å². The highest BCUT2D eigenvalue weighted by molar-refractivity contribution is 5.00. The monoisotopic (exact) mass is 194 g/mol. The number of nitrogens with zero attached hydrogens (tertiary/aromatic N) is 2. The van der Waals surface area contributed by atoms with Crippen molar-refractivity contribution in [1.29, 1.82) is 0 Å². The third-order valence-electron chi connectivity index (χ3n) is 3.23. The molecule has 2 rings (SSSR count). The van der Waals surface area contributed by atoms with Crippen LogP contribution in [0.15, 0.2) is 12.4 Å². The summed E-state index contributed by atoms with van der Waals surface area (Å²) in [5, 5.41) is 0. The summed E-state index contributed by atoms with van der Waals surface area (Å²) in [6.45, 7) is 2.27. The molecule has 0 radical (unpaired) electrons. The number of imidazole rings is 1. The average Bonchev–Trinajstić information content (AvgIpc) is 2.74. The Morgan fingerprint density at radius 2 is 2.50 bits per heavy atom. The second-order valence-electron chi connectivity index (χ2n) is 4.31. The number of aryl methyl sites for hydroxylation is 1. The van der Waals surface area contributed by atoms with Crippen molar-refractivity contribution in [3.8, 4) is 0 Å². The molecule has 0 amide bonds. The van der Waals surface area contributed by atoms with Gasteiger partial charge in [-0.1, -0.05) is 6.92 Å². The molecule has 4 nitrogen and oxygen atoms in total. The molecule has 1 aliphatic carbocycles. The molecule has 1 aliphatic rings. The maximum Gasteiger partial charge on any atom is 0.109 e. The van der Waals surface area contributed by atoms with E-state index >= 15 is 0 Å². The van der Waals surface area contributed by atoms with Gasteiger partial charge in [-0.05, 0) is 18.3 Å². The van der Waals surface area contributed by atoms with Crippen molar-refractivity contribution >= 4 is 0 Å². The fourth-order valence-corrected chi connectivity index (χ4v) is 2.04. The Bertz CT molecular complexity index is 307. The first-order chi connectivity index (χ1) is 6.72. The summed E-state index contributed by atoms with van der Waals surface area (Å²) in [6.07, 6.45) is 6.02. The van der Waals surface area contributed by atoms with Crippen LogP contribution < -0.4 is 11.3 Å². The maximum atomic E-state index is 5.56. The number of rotatable bonds is 4. The first-order valence-electron chi connectivity index (χ1n) is 5.14. The molecule has 4 heteroatoms. The van der Waals surface area contributed by atoms with E-state index in [1.165, 1.54) is 6.42 Å². The number of hydrogen-bond donors (Lipinski definition) is 2. The van der Waals surface area contributed by atoms with E-state index in [9.17, 15) is 0 Å². The molecule has 1 saturated carbocycles. The van der Waals surface area contributed by atoms with E-state index in [1.807, 2.05) is 19.4 Å². The predicted molar refractivity (Wildman–Crippen MR) is 55.3 cm³/mol. The summed E-state index contributed by atoms with van der Waals surface area (Å²) in [6, 6.07) is 0.381. The van der Waals surface area contributed by atoms with Gasteiger partial charge in [0.05, 0.1) is 0 Å². The zero-order valence-corrected chi connectivity index (χ0v) is 8.77. The lowest BCUT2D eigenvalue weighted by atomic mass is 10.1. The van der Waals surface area contributed by atoms with E-state index < -0.39 is 0 Å². The van der Waals surface area contributed by atoms with E-state index in [2.05, 4.69) is 21.9 Å². The van der Waals surface area contributed by atoms with E-state index in [4.69, 9.17) is 5.84 Å². The second kappa shape index (κ2) is 3.71. The van der Waals surface area contributed by atoms with Gasteiger partial charge in [0.15, 0.2) is 0 Å². The summed E-state index contributed by atoms with van der Waals surface area (Å²) in [5.74, 6) is 8.21. The van der Waals surface area contributed by atoms with Gasteiger partial charge in [-0.25, -0.2) is 4.98 Å². The molecule has 0 bridgehead atoms. The van der Waals surface area contributed by atoms with E-state index in [1.54, 1.807) is 0 Å². The first-order valence-corrected chi connectivity index (χ1v) is 5.14. The Labute approximate surface area is 84.5 Å². The average molecular weight is 194 g/mol. The molecule has 0 aromatic carbocycles. The fourth-order valence-electron chi connectivity index (χ4n) is 2.04. The van der Waals surface area contributed by atoms with Gasteiger partial charge >= 0.3 is 0 Å². The molecule has 3 unspecified atom stereocenters. The summed E-state index contributed by atoms with van der Waals surface area (Å²) < 4.78 is 2.05. The van der Waals surface area contributed by atoms with Crippen LogP contribution >= 0.6 is 0 Å². The fraction of sp³-hybridized carbons (Fsp3) is 0.700. The molecule has 0 spiro atoms. The molecule has 3 N–H and O–H groups in total. The topological polar surface area (TPSA) is 55.9 Å². The van der Waals surface area contributed by atoms with E-state index in [-0.39, 0.29) is 0 Å². The molecular weight excluding hydrogens is 176 g/mol. The maximum absolute atomic E-state index is 5.56. The quantitative estimate of drug-likeness (QED) is 0.540. The number of nitrogens with one attached hydrogen (secondary N) is 1. The Kier molecular flexibility index (Phi) is 2.56. The van der Waals surface area contributed by atoms with Crippen molar-refractivity contribution in [2.45, 2.75) is 25.8 Å². The lowest BCUT2D eigenvalue weighted by molar-refractivity contribution is 0.442. The van der Waals surface area contributed by atoms with E-state index in [0.717, 1.165) is 24.1 Å². The number of hydrazine groups is 1. The van der Waals surface area contributed by atoms with E-state index in [0.29, 0.717) is 6.04 Å². The van der Waals surface area contributed by atoms with Crippen molar-refractivity contribution in [3.63, 3.8) is 0 Å². The SMILES string of the molecule is CC1CC1C(Cc1nccn1C)NN. The highest BCUT2D eigenvalue weighted by Crippen LogP contribution is 2.41. The van der Waals surface area contributed by atoms with Crippen LogP contribution in [0.4, 0.5) is 0 Å². The van der Waals surface area contributed by atoms with Gasteiger partial charge < -0.3 is 4.57 Å². The zero-order chi connectivity index (χ0) is 10.1. The molecule has 1 heterocycles. The molecule has 1 aromatic rings. The lowest BCUT2D eigenvalue weighted by Crippen LogP contribution is -2.39. The van der Waals surface area contributed by atoms with Crippen molar-refractivity contribution in [1.82, 2.24) is 15.0 Å². The Balaban J connectivity index is 1.98. The molecule has 14 heavy (non-hydrogen) atoms. The van der Waals surface area contributed by atoms with Crippen LogP contribution in [0.5, 0.6) is 0 Å². The highest BCUT2D eigenvalue weighted by atomic mass is 15.2. The minimum Gasteiger partial charge on any atom is -0.338 e. The van der Waals surface area contributed by atoms with Gasteiger partial charge in [0.1, 0.15) is 5.82 Å². The molecule has 78 valence electrons. The minimum atomic E-state index is 0.381. The molecule has 1 fully saturated rings. The van der Waals surface area contributed by atoms with Gasteiger partial charge in [0.2, 0.25) is 0 Å². The number of hydrogen-bond acceptors (Lipinski definition) is 3. The predicted octanol–water partition coefficient (Wildman–Crippen LogP) is 0.451. The van der Waals surface area contributed by atoms with Gasteiger partial charge in [-0.15, -0.1) is 0 Å². The smallest absolute Gasteiger partial charge is 0.109 e. The van der Waals surface area contributed by atoms with Crippen LogP contribution in [-0.2, 0) is 13.5 Å². The third-order valence-corrected chi connectivity index (χ3v) is 3.23. The van der Waals surface area contributed by atoms with Crippen LogP contribution in [0.1, 0.15) is 19.2 Å².